The van der Waals surface area contributed by atoms with E-state index in [1.165, 1.54) is 50.5 Å². The highest BCUT2D eigenvalue weighted by Gasteiger charge is 2.54. The number of hydrogen-bond donors (Lipinski definition) is 0. The lowest BCUT2D eigenvalue weighted by molar-refractivity contribution is 0.0240. The van der Waals surface area contributed by atoms with E-state index in [-0.39, 0.29) is 6.67 Å². The SMILES string of the molecule is CCCCOc1cc2c(cc1CC)C1CC[C@@]3(C)C(CC[C@@H]3CCF)C1CC2. The minimum Gasteiger partial charge on any atom is -0.493 e. The molecule has 0 amide bonds. The van der Waals surface area contributed by atoms with E-state index in [4.69, 9.17) is 4.74 Å². The van der Waals surface area contributed by atoms with Gasteiger partial charge in [0.05, 0.1) is 13.3 Å². The lowest BCUT2D eigenvalue weighted by atomic mass is 9.54. The van der Waals surface area contributed by atoms with Gasteiger partial charge in [-0.05, 0) is 110 Å². The molecule has 2 heteroatoms. The molecule has 0 aliphatic heterocycles. The minimum atomic E-state index is -0.134. The predicted octanol–water partition coefficient (Wildman–Crippen LogP) is 7.26. The first kappa shape index (κ1) is 20.2. The van der Waals surface area contributed by atoms with E-state index in [0.717, 1.165) is 49.4 Å². The van der Waals surface area contributed by atoms with Gasteiger partial charge in [0.25, 0.3) is 0 Å². The molecular formula is C26H39FO. The molecule has 3 aliphatic carbocycles. The molecular weight excluding hydrogens is 347 g/mol. The summed E-state index contributed by atoms with van der Waals surface area (Å²) in [6, 6.07) is 4.89. The second-order valence-electron chi connectivity index (χ2n) is 9.93. The number of fused-ring (bicyclic) bond motifs is 5. The Labute approximate surface area is 171 Å². The van der Waals surface area contributed by atoms with Crippen molar-refractivity contribution in [3.05, 3.63) is 28.8 Å². The minimum absolute atomic E-state index is 0.134. The highest BCUT2D eigenvalue weighted by Crippen LogP contribution is 2.63. The van der Waals surface area contributed by atoms with Crippen molar-refractivity contribution in [1.82, 2.24) is 0 Å². The molecule has 0 radical (unpaired) electrons. The summed E-state index contributed by atoms with van der Waals surface area (Å²) in [6.07, 6.45) is 11.8. The maximum atomic E-state index is 13.1. The largest absolute Gasteiger partial charge is 0.493 e. The maximum absolute atomic E-state index is 13.1. The smallest absolute Gasteiger partial charge is 0.122 e. The molecule has 3 aliphatic rings. The van der Waals surface area contributed by atoms with Crippen molar-refractivity contribution in [2.75, 3.05) is 13.3 Å². The van der Waals surface area contributed by atoms with Crippen LogP contribution < -0.4 is 4.74 Å². The molecule has 5 atom stereocenters. The first-order chi connectivity index (χ1) is 13.6. The lowest BCUT2D eigenvalue weighted by Gasteiger charge is -2.51. The van der Waals surface area contributed by atoms with Gasteiger partial charge in [0.1, 0.15) is 5.75 Å². The Hall–Kier alpha value is -1.05. The molecule has 0 bridgehead atoms. The standard InChI is InChI=1S/C26H39FO/c1-4-6-15-28-25-17-19-7-9-22-21(23(19)16-18(25)5-2)11-13-26(3)20(12-14-27)8-10-24(22)26/h16-17,20-22,24H,4-15H2,1-3H3/t20-,21?,22?,24?,26-/m1/s1. The van der Waals surface area contributed by atoms with Crippen molar-refractivity contribution in [3.63, 3.8) is 0 Å². The molecule has 3 unspecified atom stereocenters. The number of benzene rings is 1. The highest BCUT2D eigenvalue weighted by molar-refractivity contribution is 5.46. The van der Waals surface area contributed by atoms with Gasteiger partial charge in [-0.15, -0.1) is 0 Å². The normalized spacial score (nSPS) is 33.9. The molecule has 0 aromatic heterocycles. The molecule has 0 heterocycles. The van der Waals surface area contributed by atoms with E-state index in [0.29, 0.717) is 11.3 Å². The van der Waals surface area contributed by atoms with Crippen molar-refractivity contribution >= 4 is 0 Å². The fraction of sp³-hybridized carbons (Fsp3) is 0.769. The van der Waals surface area contributed by atoms with Crippen LogP contribution in [0.15, 0.2) is 12.1 Å². The number of unbranched alkanes of at least 4 members (excludes halogenated alkanes) is 1. The van der Waals surface area contributed by atoms with Crippen LogP contribution in [0.2, 0.25) is 0 Å². The topological polar surface area (TPSA) is 9.23 Å². The Morgan fingerprint density at radius 3 is 2.75 bits per heavy atom. The van der Waals surface area contributed by atoms with E-state index >= 15 is 0 Å². The van der Waals surface area contributed by atoms with Crippen molar-refractivity contribution < 1.29 is 9.13 Å². The molecule has 1 nitrogen and oxygen atoms in total. The van der Waals surface area contributed by atoms with Gasteiger partial charge in [-0.1, -0.05) is 33.3 Å². The zero-order valence-electron chi connectivity index (χ0n) is 18.2. The van der Waals surface area contributed by atoms with E-state index < -0.39 is 0 Å². The third-order valence-corrected chi connectivity index (χ3v) is 8.70. The number of hydrogen-bond acceptors (Lipinski definition) is 1. The van der Waals surface area contributed by atoms with Crippen molar-refractivity contribution in [1.29, 1.82) is 0 Å². The van der Waals surface area contributed by atoms with E-state index in [9.17, 15) is 4.39 Å². The fourth-order valence-corrected chi connectivity index (χ4v) is 7.10. The van der Waals surface area contributed by atoms with Gasteiger partial charge in [0, 0.05) is 0 Å². The summed E-state index contributed by atoms with van der Waals surface area (Å²) in [5.74, 6) is 4.10. The Balaban J connectivity index is 1.59. The van der Waals surface area contributed by atoms with Crippen LogP contribution in [0.4, 0.5) is 4.39 Å². The Bertz CT molecular complexity index is 683. The van der Waals surface area contributed by atoms with Gasteiger partial charge >= 0.3 is 0 Å². The molecule has 2 fully saturated rings. The average molecular weight is 387 g/mol. The molecule has 0 spiro atoms. The summed E-state index contributed by atoms with van der Waals surface area (Å²) in [5.41, 5.74) is 4.96. The second-order valence-corrected chi connectivity index (χ2v) is 9.93. The number of alkyl halides is 1. The predicted molar refractivity (Wildman–Crippen MR) is 115 cm³/mol. The third-order valence-electron chi connectivity index (χ3n) is 8.70. The number of aryl methyl sites for hydroxylation is 2. The lowest BCUT2D eigenvalue weighted by Crippen LogP contribution is -2.42. The van der Waals surface area contributed by atoms with Crippen molar-refractivity contribution in [2.45, 2.75) is 90.9 Å². The van der Waals surface area contributed by atoms with Gasteiger partial charge in [-0.25, -0.2) is 0 Å². The fourth-order valence-electron chi connectivity index (χ4n) is 7.10. The second kappa shape index (κ2) is 8.36. The van der Waals surface area contributed by atoms with Gasteiger partial charge < -0.3 is 4.74 Å². The van der Waals surface area contributed by atoms with Crippen LogP contribution in [0.25, 0.3) is 0 Å². The quantitative estimate of drug-likeness (QED) is 0.448. The molecule has 1 aromatic rings. The number of ether oxygens (including phenoxy) is 1. The zero-order valence-corrected chi connectivity index (χ0v) is 18.2. The third kappa shape index (κ3) is 3.39. The summed E-state index contributed by atoms with van der Waals surface area (Å²) in [5, 5.41) is 0. The van der Waals surface area contributed by atoms with Crippen LogP contribution in [0.5, 0.6) is 5.75 Å². The van der Waals surface area contributed by atoms with Gasteiger partial charge in [0.15, 0.2) is 0 Å². The first-order valence-corrected chi connectivity index (χ1v) is 12.0. The van der Waals surface area contributed by atoms with Gasteiger partial charge in [-0.2, -0.15) is 0 Å². The van der Waals surface area contributed by atoms with E-state index in [1.54, 1.807) is 11.1 Å². The summed E-state index contributed by atoms with van der Waals surface area (Å²) in [4.78, 5) is 0. The summed E-state index contributed by atoms with van der Waals surface area (Å²) in [6.45, 7) is 7.68. The molecule has 156 valence electrons. The van der Waals surface area contributed by atoms with Crippen LogP contribution in [-0.2, 0) is 12.8 Å². The first-order valence-electron chi connectivity index (χ1n) is 12.0. The van der Waals surface area contributed by atoms with Crippen molar-refractivity contribution in [2.24, 2.45) is 23.2 Å². The van der Waals surface area contributed by atoms with E-state index in [2.05, 4.69) is 32.9 Å². The molecule has 4 rings (SSSR count). The average Bonchev–Trinajstić information content (AvgIpc) is 3.04. The van der Waals surface area contributed by atoms with Crippen LogP contribution in [0.1, 0.15) is 94.7 Å². The highest BCUT2D eigenvalue weighted by atomic mass is 19.1. The zero-order chi connectivity index (χ0) is 19.7. The Morgan fingerprint density at radius 1 is 1.14 bits per heavy atom. The number of halogens is 1. The summed E-state index contributed by atoms with van der Waals surface area (Å²) < 4.78 is 19.3. The maximum Gasteiger partial charge on any atom is 0.122 e. The monoisotopic (exact) mass is 386 g/mol. The molecule has 28 heavy (non-hydrogen) atoms. The van der Waals surface area contributed by atoms with Crippen LogP contribution in [0, 0.1) is 23.2 Å². The number of rotatable bonds is 7. The van der Waals surface area contributed by atoms with Crippen LogP contribution >= 0.6 is 0 Å². The Kier molecular flexibility index (Phi) is 6.04. The van der Waals surface area contributed by atoms with Gasteiger partial charge in [0.2, 0.25) is 0 Å². The molecule has 2 saturated carbocycles. The summed E-state index contributed by atoms with van der Waals surface area (Å²) in [7, 11) is 0. The molecule has 0 N–H and O–H groups in total. The molecule has 1 aromatic carbocycles. The summed E-state index contributed by atoms with van der Waals surface area (Å²) >= 11 is 0. The van der Waals surface area contributed by atoms with Crippen LogP contribution in [-0.4, -0.2) is 13.3 Å². The van der Waals surface area contributed by atoms with Gasteiger partial charge in [-0.3, -0.25) is 4.39 Å². The van der Waals surface area contributed by atoms with Crippen molar-refractivity contribution in [3.8, 4) is 5.75 Å². The molecule has 0 saturated heterocycles. The Morgan fingerprint density at radius 2 is 2.00 bits per heavy atom. The van der Waals surface area contributed by atoms with E-state index in [1.807, 2.05) is 0 Å². The van der Waals surface area contributed by atoms with Crippen LogP contribution in [0.3, 0.4) is 0 Å².